The van der Waals surface area contributed by atoms with E-state index in [4.69, 9.17) is 4.74 Å². The maximum atomic E-state index is 12.2. The van der Waals surface area contributed by atoms with Crippen molar-refractivity contribution in [1.29, 1.82) is 0 Å². The molecule has 2 fully saturated rings. The van der Waals surface area contributed by atoms with Crippen molar-refractivity contribution in [2.45, 2.75) is 13.8 Å². The van der Waals surface area contributed by atoms with Gasteiger partial charge in [0.2, 0.25) is 5.91 Å². The van der Waals surface area contributed by atoms with Crippen molar-refractivity contribution in [3.63, 3.8) is 0 Å². The molecule has 1 aromatic heterocycles. The number of ether oxygens (including phenoxy) is 1. The molecule has 0 aliphatic carbocycles. The van der Waals surface area contributed by atoms with E-state index in [-0.39, 0.29) is 11.3 Å². The lowest BCUT2D eigenvalue weighted by Crippen LogP contribution is -2.58. The van der Waals surface area contributed by atoms with E-state index in [9.17, 15) is 4.79 Å². The van der Waals surface area contributed by atoms with Crippen molar-refractivity contribution in [1.82, 2.24) is 10.3 Å². The second-order valence-corrected chi connectivity index (χ2v) is 6.02. The highest BCUT2D eigenvalue weighted by Gasteiger charge is 2.39. The van der Waals surface area contributed by atoms with Crippen LogP contribution in [0.3, 0.4) is 0 Å². The van der Waals surface area contributed by atoms with Gasteiger partial charge in [0.15, 0.2) is 0 Å². The van der Waals surface area contributed by atoms with Gasteiger partial charge in [-0.25, -0.2) is 4.98 Å². The summed E-state index contributed by atoms with van der Waals surface area (Å²) < 4.78 is 5.35. The first kappa shape index (κ1) is 14.3. The molecular weight excluding hydrogens is 268 g/mol. The summed E-state index contributed by atoms with van der Waals surface area (Å²) in [6, 6.07) is 3.91. The van der Waals surface area contributed by atoms with Gasteiger partial charge in [-0.2, -0.15) is 0 Å². The van der Waals surface area contributed by atoms with Crippen LogP contribution in [0, 0.1) is 12.3 Å². The predicted octanol–water partition coefficient (Wildman–Crippen LogP) is 0.775. The summed E-state index contributed by atoms with van der Waals surface area (Å²) in [7, 11) is 0. The Hall–Kier alpha value is -1.66. The van der Waals surface area contributed by atoms with Gasteiger partial charge in [0.1, 0.15) is 5.82 Å². The number of hydrogen-bond acceptors (Lipinski definition) is 5. The third-order valence-corrected chi connectivity index (χ3v) is 4.23. The van der Waals surface area contributed by atoms with Gasteiger partial charge in [0, 0.05) is 26.2 Å². The number of amides is 1. The second-order valence-electron chi connectivity index (χ2n) is 6.02. The lowest BCUT2D eigenvalue weighted by molar-refractivity contribution is -0.127. The van der Waals surface area contributed by atoms with E-state index in [0.717, 1.165) is 56.6 Å². The summed E-state index contributed by atoms with van der Waals surface area (Å²) in [6.07, 6.45) is 0. The van der Waals surface area contributed by atoms with E-state index < -0.39 is 0 Å². The summed E-state index contributed by atoms with van der Waals surface area (Å²) in [6.45, 7) is 8.58. The highest BCUT2D eigenvalue weighted by atomic mass is 16.5. The molecular formula is C15H22N4O2. The molecule has 2 saturated heterocycles. The molecule has 6 heteroatoms. The first-order valence-corrected chi connectivity index (χ1v) is 7.41. The van der Waals surface area contributed by atoms with E-state index in [2.05, 4.69) is 20.5 Å². The molecule has 0 aromatic carbocycles. The Kier molecular flexibility index (Phi) is 3.82. The van der Waals surface area contributed by atoms with Crippen molar-refractivity contribution in [2.75, 3.05) is 49.6 Å². The van der Waals surface area contributed by atoms with Crippen molar-refractivity contribution in [3.8, 4) is 0 Å². The molecule has 6 nitrogen and oxygen atoms in total. The largest absolute Gasteiger partial charge is 0.378 e. The minimum atomic E-state index is -0.296. The van der Waals surface area contributed by atoms with Gasteiger partial charge in [-0.1, -0.05) is 0 Å². The van der Waals surface area contributed by atoms with Crippen LogP contribution >= 0.6 is 0 Å². The summed E-state index contributed by atoms with van der Waals surface area (Å²) in [4.78, 5) is 19.1. The number of rotatable bonds is 3. The van der Waals surface area contributed by atoms with Crippen LogP contribution < -0.4 is 15.5 Å². The van der Waals surface area contributed by atoms with Crippen LogP contribution in [0.5, 0.6) is 0 Å². The summed E-state index contributed by atoms with van der Waals surface area (Å²) in [5.74, 6) is 1.01. The van der Waals surface area contributed by atoms with Crippen LogP contribution in [0.25, 0.3) is 0 Å². The molecule has 0 bridgehead atoms. The number of aryl methyl sites for hydroxylation is 1. The first-order chi connectivity index (χ1) is 10.1. The van der Waals surface area contributed by atoms with Crippen LogP contribution in [0.1, 0.15) is 12.6 Å². The Morgan fingerprint density at radius 3 is 2.67 bits per heavy atom. The number of morpholine rings is 1. The molecule has 2 aliphatic rings. The van der Waals surface area contributed by atoms with E-state index in [1.807, 2.05) is 26.0 Å². The fraction of sp³-hybridized carbons (Fsp3) is 0.600. The Labute approximate surface area is 124 Å². The molecule has 1 aromatic rings. The van der Waals surface area contributed by atoms with Crippen LogP contribution in [0.2, 0.25) is 0 Å². The molecule has 3 heterocycles. The lowest BCUT2D eigenvalue weighted by Gasteiger charge is -2.37. The number of carbonyl (C=O) groups is 1. The highest BCUT2D eigenvalue weighted by Crippen LogP contribution is 2.25. The molecule has 0 spiro atoms. The number of nitrogens with zero attached hydrogens (tertiary/aromatic N) is 2. The standard InChI is InChI=1S/C15H22N4O2/c1-11-12(18-14(20)15(2)9-16-10-15)3-4-13(17-11)19-5-7-21-8-6-19/h3-4,16H,5-10H2,1-2H3,(H,18,20). The molecule has 0 unspecified atom stereocenters. The SMILES string of the molecule is Cc1nc(N2CCOCC2)ccc1NC(=O)C1(C)CNC1. The number of pyridine rings is 1. The third-order valence-electron chi connectivity index (χ3n) is 4.23. The highest BCUT2D eigenvalue weighted by molar-refractivity contribution is 5.96. The van der Waals surface area contributed by atoms with Gasteiger partial charge >= 0.3 is 0 Å². The second kappa shape index (κ2) is 5.61. The number of hydrogen-bond donors (Lipinski definition) is 2. The monoisotopic (exact) mass is 290 g/mol. The van der Waals surface area contributed by atoms with Crippen LogP contribution in [0.4, 0.5) is 11.5 Å². The molecule has 3 rings (SSSR count). The zero-order valence-corrected chi connectivity index (χ0v) is 12.6. The average Bonchev–Trinajstić information content (AvgIpc) is 2.47. The molecule has 114 valence electrons. The quantitative estimate of drug-likeness (QED) is 0.861. The van der Waals surface area contributed by atoms with Gasteiger partial charge in [-0.15, -0.1) is 0 Å². The Balaban J connectivity index is 1.70. The number of anilines is 2. The molecule has 2 N–H and O–H groups in total. The molecule has 0 radical (unpaired) electrons. The zero-order valence-electron chi connectivity index (χ0n) is 12.6. The van der Waals surface area contributed by atoms with Gasteiger partial charge in [-0.3, -0.25) is 4.79 Å². The third kappa shape index (κ3) is 2.87. The van der Waals surface area contributed by atoms with E-state index >= 15 is 0 Å². The topological polar surface area (TPSA) is 66.5 Å². The minimum absolute atomic E-state index is 0.0604. The van der Waals surface area contributed by atoms with E-state index in [1.54, 1.807) is 0 Å². The predicted molar refractivity (Wildman–Crippen MR) is 81.6 cm³/mol. The Morgan fingerprint density at radius 1 is 1.38 bits per heavy atom. The van der Waals surface area contributed by atoms with E-state index in [0.29, 0.717) is 0 Å². The summed E-state index contributed by atoms with van der Waals surface area (Å²) >= 11 is 0. The molecule has 0 saturated carbocycles. The van der Waals surface area contributed by atoms with Gasteiger partial charge in [0.25, 0.3) is 0 Å². The summed E-state index contributed by atoms with van der Waals surface area (Å²) in [5.41, 5.74) is 1.35. The first-order valence-electron chi connectivity index (χ1n) is 7.41. The Morgan fingerprint density at radius 2 is 2.10 bits per heavy atom. The molecule has 1 amide bonds. The normalized spacial score (nSPS) is 20.8. The van der Waals surface area contributed by atoms with Crippen molar-refractivity contribution in [2.24, 2.45) is 5.41 Å². The van der Waals surface area contributed by atoms with Gasteiger partial charge in [-0.05, 0) is 26.0 Å². The Bertz CT molecular complexity index is 536. The van der Waals surface area contributed by atoms with Gasteiger partial charge < -0.3 is 20.3 Å². The summed E-state index contributed by atoms with van der Waals surface area (Å²) in [5, 5.41) is 6.14. The maximum Gasteiger partial charge on any atom is 0.232 e. The van der Waals surface area contributed by atoms with Crippen LogP contribution in [-0.4, -0.2) is 50.3 Å². The van der Waals surface area contributed by atoms with Crippen molar-refractivity contribution >= 4 is 17.4 Å². The number of nitrogens with one attached hydrogen (secondary N) is 2. The minimum Gasteiger partial charge on any atom is -0.378 e. The number of aromatic nitrogens is 1. The number of carbonyl (C=O) groups excluding carboxylic acids is 1. The molecule has 0 atom stereocenters. The molecule has 21 heavy (non-hydrogen) atoms. The van der Waals surface area contributed by atoms with Crippen LogP contribution in [0.15, 0.2) is 12.1 Å². The van der Waals surface area contributed by atoms with E-state index in [1.165, 1.54) is 0 Å². The average molecular weight is 290 g/mol. The maximum absolute atomic E-state index is 12.2. The smallest absolute Gasteiger partial charge is 0.232 e. The van der Waals surface area contributed by atoms with Crippen molar-refractivity contribution in [3.05, 3.63) is 17.8 Å². The van der Waals surface area contributed by atoms with Gasteiger partial charge in [0.05, 0.1) is 30.0 Å². The molecule has 2 aliphatic heterocycles. The fourth-order valence-electron chi connectivity index (χ4n) is 2.58. The van der Waals surface area contributed by atoms with Crippen molar-refractivity contribution < 1.29 is 9.53 Å². The zero-order chi connectivity index (χ0) is 14.9. The van der Waals surface area contributed by atoms with Crippen LogP contribution in [-0.2, 0) is 9.53 Å². The fourth-order valence-corrected chi connectivity index (χ4v) is 2.58. The lowest BCUT2D eigenvalue weighted by atomic mass is 9.83.